The summed E-state index contributed by atoms with van der Waals surface area (Å²) >= 11 is 0. The second kappa shape index (κ2) is 6.99. The quantitative estimate of drug-likeness (QED) is 0.831. The van der Waals surface area contributed by atoms with E-state index in [1.165, 1.54) is 0 Å². The number of ether oxygens (including phenoxy) is 2. The zero-order chi connectivity index (χ0) is 13.5. The van der Waals surface area contributed by atoms with Gasteiger partial charge in [-0.15, -0.1) is 0 Å². The fraction of sp³-hybridized carbons (Fsp3) is 0.500. The van der Waals surface area contributed by atoms with Crippen molar-refractivity contribution in [2.24, 2.45) is 0 Å². The molecule has 0 saturated carbocycles. The van der Waals surface area contributed by atoms with Gasteiger partial charge in [-0.3, -0.25) is 4.79 Å². The maximum Gasteiger partial charge on any atom is 0.258 e. The third-order valence-corrected chi connectivity index (χ3v) is 3.09. The molecule has 1 aromatic rings. The van der Waals surface area contributed by atoms with Gasteiger partial charge >= 0.3 is 0 Å². The SMILES string of the molecule is COc1ccccc1OCC(=O)N[C@H]1CCCNC1. The summed E-state index contributed by atoms with van der Waals surface area (Å²) in [6, 6.07) is 7.51. The van der Waals surface area contributed by atoms with Crippen LogP contribution >= 0.6 is 0 Å². The lowest BCUT2D eigenvalue weighted by Crippen LogP contribution is -2.47. The Balaban J connectivity index is 1.79. The number of piperidine rings is 1. The van der Waals surface area contributed by atoms with Gasteiger partial charge in [-0.05, 0) is 31.5 Å². The summed E-state index contributed by atoms with van der Waals surface area (Å²) in [7, 11) is 1.58. The second-order valence-electron chi connectivity index (χ2n) is 4.55. The van der Waals surface area contributed by atoms with Crippen LogP contribution < -0.4 is 20.1 Å². The normalized spacial score (nSPS) is 18.7. The number of methoxy groups -OCH3 is 1. The van der Waals surface area contributed by atoms with Crippen molar-refractivity contribution < 1.29 is 14.3 Å². The van der Waals surface area contributed by atoms with Gasteiger partial charge in [0, 0.05) is 12.6 Å². The minimum Gasteiger partial charge on any atom is -0.493 e. The highest BCUT2D eigenvalue weighted by atomic mass is 16.5. The number of para-hydroxylation sites is 2. The third kappa shape index (κ3) is 4.13. The summed E-state index contributed by atoms with van der Waals surface area (Å²) < 4.78 is 10.6. The van der Waals surface area contributed by atoms with Crippen LogP contribution in [0, 0.1) is 0 Å². The number of amides is 1. The van der Waals surface area contributed by atoms with Crippen LogP contribution in [-0.4, -0.2) is 38.8 Å². The number of hydrogen-bond donors (Lipinski definition) is 2. The van der Waals surface area contributed by atoms with Gasteiger partial charge in [0.05, 0.1) is 7.11 Å². The molecule has 0 radical (unpaired) electrons. The highest BCUT2D eigenvalue weighted by Gasteiger charge is 2.15. The fourth-order valence-electron chi connectivity index (χ4n) is 2.13. The van der Waals surface area contributed by atoms with E-state index >= 15 is 0 Å². The molecule has 1 atom stereocenters. The molecule has 1 fully saturated rings. The van der Waals surface area contributed by atoms with Crippen molar-refractivity contribution in [3.63, 3.8) is 0 Å². The van der Waals surface area contributed by atoms with E-state index in [0.717, 1.165) is 25.9 Å². The first kappa shape index (κ1) is 13.7. The van der Waals surface area contributed by atoms with E-state index in [4.69, 9.17) is 9.47 Å². The van der Waals surface area contributed by atoms with Crippen LogP contribution in [0.3, 0.4) is 0 Å². The van der Waals surface area contributed by atoms with Crippen LogP contribution in [0.4, 0.5) is 0 Å². The predicted molar refractivity (Wildman–Crippen MR) is 72.5 cm³/mol. The molecule has 1 saturated heterocycles. The summed E-state index contributed by atoms with van der Waals surface area (Å²) in [4.78, 5) is 11.8. The van der Waals surface area contributed by atoms with Crippen LogP contribution in [0.15, 0.2) is 24.3 Å². The summed E-state index contributed by atoms with van der Waals surface area (Å²) in [5.74, 6) is 1.12. The summed E-state index contributed by atoms with van der Waals surface area (Å²) in [5.41, 5.74) is 0. The van der Waals surface area contributed by atoms with E-state index in [1.807, 2.05) is 12.1 Å². The van der Waals surface area contributed by atoms with Gasteiger partial charge in [-0.2, -0.15) is 0 Å². The molecule has 1 heterocycles. The predicted octanol–water partition coefficient (Wildman–Crippen LogP) is 0.942. The van der Waals surface area contributed by atoms with E-state index in [9.17, 15) is 4.79 Å². The summed E-state index contributed by atoms with van der Waals surface area (Å²) in [6.07, 6.45) is 2.12. The van der Waals surface area contributed by atoms with Crippen LogP contribution in [0.2, 0.25) is 0 Å². The smallest absolute Gasteiger partial charge is 0.258 e. The molecule has 5 heteroatoms. The average Bonchev–Trinajstić information content (AvgIpc) is 2.46. The molecule has 0 aromatic heterocycles. The van der Waals surface area contributed by atoms with Crippen molar-refractivity contribution in [2.45, 2.75) is 18.9 Å². The minimum atomic E-state index is -0.0976. The number of nitrogens with one attached hydrogen (secondary N) is 2. The maximum atomic E-state index is 11.8. The molecule has 19 heavy (non-hydrogen) atoms. The molecule has 1 aliphatic heterocycles. The Morgan fingerprint density at radius 3 is 2.89 bits per heavy atom. The highest BCUT2D eigenvalue weighted by molar-refractivity contribution is 5.78. The molecule has 1 amide bonds. The van der Waals surface area contributed by atoms with Crippen molar-refractivity contribution in [3.8, 4) is 11.5 Å². The highest BCUT2D eigenvalue weighted by Crippen LogP contribution is 2.25. The molecular weight excluding hydrogens is 244 g/mol. The Morgan fingerprint density at radius 2 is 2.21 bits per heavy atom. The number of benzene rings is 1. The average molecular weight is 264 g/mol. The van der Waals surface area contributed by atoms with Crippen molar-refractivity contribution in [2.75, 3.05) is 26.8 Å². The standard InChI is InChI=1S/C14H20N2O3/c1-18-12-6-2-3-7-13(12)19-10-14(17)16-11-5-4-8-15-9-11/h2-3,6-7,11,15H,4-5,8-10H2,1H3,(H,16,17)/t11-/m0/s1. The Kier molecular flexibility index (Phi) is 5.03. The van der Waals surface area contributed by atoms with Gasteiger partial charge in [0.25, 0.3) is 5.91 Å². The Bertz CT molecular complexity index is 417. The van der Waals surface area contributed by atoms with Gasteiger partial charge in [0.1, 0.15) is 0 Å². The second-order valence-corrected chi connectivity index (χ2v) is 4.55. The van der Waals surface area contributed by atoms with Crippen LogP contribution in [-0.2, 0) is 4.79 Å². The van der Waals surface area contributed by atoms with Crippen LogP contribution in [0.5, 0.6) is 11.5 Å². The molecule has 0 aliphatic carbocycles. The third-order valence-electron chi connectivity index (χ3n) is 3.09. The molecule has 5 nitrogen and oxygen atoms in total. The van der Waals surface area contributed by atoms with E-state index < -0.39 is 0 Å². The van der Waals surface area contributed by atoms with E-state index in [1.54, 1.807) is 19.2 Å². The fourth-order valence-corrected chi connectivity index (χ4v) is 2.13. The lowest BCUT2D eigenvalue weighted by Gasteiger charge is -2.23. The van der Waals surface area contributed by atoms with E-state index in [2.05, 4.69) is 10.6 Å². The summed E-state index contributed by atoms with van der Waals surface area (Å²) in [5, 5.41) is 6.22. The Morgan fingerprint density at radius 1 is 1.42 bits per heavy atom. The number of carbonyl (C=O) groups is 1. The van der Waals surface area contributed by atoms with E-state index in [-0.39, 0.29) is 18.6 Å². The largest absolute Gasteiger partial charge is 0.493 e. The molecule has 0 bridgehead atoms. The van der Waals surface area contributed by atoms with Crippen LogP contribution in [0.1, 0.15) is 12.8 Å². The first-order chi connectivity index (χ1) is 9.29. The molecule has 0 spiro atoms. The molecule has 2 rings (SSSR count). The van der Waals surface area contributed by atoms with Crippen molar-refractivity contribution in [1.82, 2.24) is 10.6 Å². The Hall–Kier alpha value is -1.75. The van der Waals surface area contributed by atoms with Crippen molar-refractivity contribution >= 4 is 5.91 Å². The zero-order valence-electron chi connectivity index (χ0n) is 11.1. The van der Waals surface area contributed by atoms with Crippen LogP contribution in [0.25, 0.3) is 0 Å². The molecule has 0 unspecified atom stereocenters. The van der Waals surface area contributed by atoms with Crippen molar-refractivity contribution in [1.29, 1.82) is 0 Å². The topological polar surface area (TPSA) is 59.6 Å². The van der Waals surface area contributed by atoms with Gasteiger partial charge in [0.15, 0.2) is 18.1 Å². The number of hydrogen-bond acceptors (Lipinski definition) is 4. The summed E-state index contributed by atoms with van der Waals surface area (Å²) in [6.45, 7) is 1.88. The minimum absolute atomic E-state index is 0.0108. The maximum absolute atomic E-state index is 11.8. The van der Waals surface area contributed by atoms with E-state index in [0.29, 0.717) is 11.5 Å². The van der Waals surface area contributed by atoms with Gasteiger partial charge in [0.2, 0.25) is 0 Å². The first-order valence-corrected chi connectivity index (χ1v) is 6.55. The zero-order valence-corrected chi connectivity index (χ0v) is 11.1. The molecule has 104 valence electrons. The molecule has 2 N–H and O–H groups in total. The van der Waals surface area contributed by atoms with Gasteiger partial charge < -0.3 is 20.1 Å². The van der Waals surface area contributed by atoms with Gasteiger partial charge in [-0.1, -0.05) is 12.1 Å². The number of rotatable bonds is 5. The lowest BCUT2D eigenvalue weighted by molar-refractivity contribution is -0.123. The lowest BCUT2D eigenvalue weighted by atomic mass is 10.1. The first-order valence-electron chi connectivity index (χ1n) is 6.55. The molecule has 1 aromatic carbocycles. The number of carbonyl (C=O) groups excluding carboxylic acids is 1. The Labute approximate surface area is 113 Å². The molecule has 1 aliphatic rings. The molecular formula is C14H20N2O3. The van der Waals surface area contributed by atoms with Gasteiger partial charge in [-0.25, -0.2) is 0 Å². The van der Waals surface area contributed by atoms with Crippen molar-refractivity contribution in [3.05, 3.63) is 24.3 Å². The monoisotopic (exact) mass is 264 g/mol.